The molecule has 0 saturated carbocycles. The third-order valence-corrected chi connectivity index (χ3v) is 3.64. The van der Waals surface area contributed by atoms with E-state index in [9.17, 15) is 14.5 Å². The summed E-state index contributed by atoms with van der Waals surface area (Å²) in [6.07, 6.45) is 0. The summed E-state index contributed by atoms with van der Waals surface area (Å²) in [7, 11) is 0. The number of anilines is 5. The summed E-state index contributed by atoms with van der Waals surface area (Å²) in [6, 6.07) is 12.7. The lowest BCUT2D eigenvalue weighted by molar-refractivity contribution is -0.383. The molecule has 0 spiro atoms. The zero-order valence-electron chi connectivity index (χ0n) is 14.8. The Labute approximate surface area is 159 Å². The zero-order valence-corrected chi connectivity index (χ0v) is 14.8. The van der Waals surface area contributed by atoms with E-state index in [1.54, 1.807) is 30.3 Å². The second-order valence-electron chi connectivity index (χ2n) is 5.57. The van der Waals surface area contributed by atoms with Crippen LogP contribution in [-0.2, 0) is 0 Å². The fourth-order valence-corrected chi connectivity index (χ4v) is 2.42. The molecule has 0 bridgehead atoms. The number of rotatable bonds is 7. The van der Waals surface area contributed by atoms with Gasteiger partial charge in [0.25, 0.3) is 0 Å². The molecule has 3 aromatic rings. The summed E-state index contributed by atoms with van der Waals surface area (Å²) < 4.78 is 19.3. The molecule has 0 amide bonds. The molecule has 0 radical (unpaired) electrons. The molecule has 0 aliphatic heterocycles. The molecule has 0 saturated heterocycles. The second kappa shape index (κ2) is 8.16. The number of hydrogen-bond donors (Lipinski definition) is 3. The van der Waals surface area contributed by atoms with Gasteiger partial charge in [-0.2, -0.15) is 9.97 Å². The lowest BCUT2D eigenvalue weighted by Crippen LogP contribution is -2.09. The average molecular weight is 384 g/mol. The summed E-state index contributed by atoms with van der Waals surface area (Å²) in [4.78, 5) is 18.7. The average Bonchev–Trinajstić information content (AvgIpc) is 2.65. The number of ether oxygens (including phenoxy) is 1. The van der Waals surface area contributed by atoms with Crippen LogP contribution in [0.25, 0.3) is 0 Å². The maximum Gasteiger partial charge on any atom is 0.353 e. The van der Waals surface area contributed by atoms with Crippen molar-refractivity contribution in [2.45, 2.75) is 6.92 Å². The predicted molar refractivity (Wildman–Crippen MR) is 104 cm³/mol. The summed E-state index contributed by atoms with van der Waals surface area (Å²) in [6.45, 7) is 2.42. The third kappa shape index (κ3) is 4.23. The molecule has 0 aliphatic carbocycles. The monoisotopic (exact) mass is 384 g/mol. The van der Waals surface area contributed by atoms with Crippen molar-refractivity contribution in [3.05, 3.63) is 64.5 Å². The van der Waals surface area contributed by atoms with Crippen LogP contribution < -0.4 is 21.1 Å². The lowest BCUT2D eigenvalue weighted by Gasteiger charge is -2.11. The highest BCUT2D eigenvalue weighted by Crippen LogP contribution is 2.32. The normalized spacial score (nSPS) is 10.4. The Morgan fingerprint density at radius 1 is 1.14 bits per heavy atom. The molecule has 3 rings (SSSR count). The number of nitrogens with one attached hydrogen (secondary N) is 2. The summed E-state index contributed by atoms with van der Waals surface area (Å²) in [5, 5.41) is 16.9. The molecule has 1 heterocycles. The highest BCUT2D eigenvalue weighted by molar-refractivity contribution is 5.75. The van der Waals surface area contributed by atoms with Gasteiger partial charge in [0.1, 0.15) is 11.6 Å². The van der Waals surface area contributed by atoms with Gasteiger partial charge in [-0.05, 0) is 43.3 Å². The molecular formula is C18H17FN6O3. The zero-order chi connectivity index (χ0) is 20.1. The van der Waals surface area contributed by atoms with Gasteiger partial charge in [0, 0.05) is 5.69 Å². The molecule has 9 nitrogen and oxygen atoms in total. The van der Waals surface area contributed by atoms with Crippen LogP contribution in [0.15, 0.2) is 48.5 Å². The smallest absolute Gasteiger partial charge is 0.353 e. The van der Waals surface area contributed by atoms with Gasteiger partial charge in [-0.3, -0.25) is 10.1 Å². The first-order valence-corrected chi connectivity index (χ1v) is 8.31. The highest BCUT2D eigenvalue weighted by Gasteiger charge is 2.24. The van der Waals surface area contributed by atoms with Crippen molar-refractivity contribution in [2.75, 3.05) is 23.0 Å². The molecule has 0 unspecified atom stereocenters. The number of halogens is 1. The van der Waals surface area contributed by atoms with Crippen molar-refractivity contribution < 1.29 is 14.1 Å². The van der Waals surface area contributed by atoms with Crippen molar-refractivity contribution in [3.8, 4) is 5.75 Å². The van der Waals surface area contributed by atoms with Gasteiger partial charge in [-0.15, -0.1) is 0 Å². The minimum absolute atomic E-state index is 0.0195. The largest absolute Gasteiger partial charge is 0.494 e. The number of hydrogen-bond acceptors (Lipinski definition) is 8. The van der Waals surface area contributed by atoms with Gasteiger partial charge in [-0.25, -0.2) is 4.39 Å². The molecule has 10 heteroatoms. The quantitative estimate of drug-likeness (QED) is 0.412. The first kappa shape index (κ1) is 18.8. The van der Waals surface area contributed by atoms with E-state index in [1.165, 1.54) is 18.2 Å². The van der Waals surface area contributed by atoms with Crippen molar-refractivity contribution in [1.82, 2.24) is 9.97 Å². The molecule has 4 N–H and O–H groups in total. The van der Waals surface area contributed by atoms with Crippen LogP contribution in [-0.4, -0.2) is 21.5 Å². The van der Waals surface area contributed by atoms with Gasteiger partial charge < -0.3 is 21.1 Å². The van der Waals surface area contributed by atoms with Gasteiger partial charge in [0.05, 0.1) is 17.2 Å². The van der Waals surface area contributed by atoms with Crippen LogP contribution in [0, 0.1) is 15.9 Å². The van der Waals surface area contributed by atoms with Crippen molar-refractivity contribution >= 4 is 34.6 Å². The van der Waals surface area contributed by atoms with Crippen LogP contribution in [0.3, 0.4) is 0 Å². The Hall–Kier alpha value is -3.95. The van der Waals surface area contributed by atoms with E-state index in [-0.39, 0.29) is 23.3 Å². The topological polar surface area (TPSA) is 128 Å². The van der Waals surface area contributed by atoms with Crippen molar-refractivity contribution in [1.29, 1.82) is 0 Å². The van der Waals surface area contributed by atoms with E-state index < -0.39 is 16.4 Å². The van der Waals surface area contributed by atoms with Gasteiger partial charge in [0.15, 0.2) is 0 Å². The van der Waals surface area contributed by atoms with E-state index >= 15 is 0 Å². The fraction of sp³-hybridized carbons (Fsp3) is 0.111. The minimum atomic E-state index is -0.723. The minimum Gasteiger partial charge on any atom is -0.494 e. The third-order valence-electron chi connectivity index (χ3n) is 3.64. The number of nitro groups is 1. The molecule has 0 aliphatic rings. The Kier molecular flexibility index (Phi) is 5.49. The highest BCUT2D eigenvalue weighted by atomic mass is 19.1. The van der Waals surface area contributed by atoms with Gasteiger partial charge >= 0.3 is 5.69 Å². The van der Waals surface area contributed by atoms with Crippen LogP contribution in [0.1, 0.15) is 6.92 Å². The molecule has 1 aromatic heterocycles. The lowest BCUT2D eigenvalue weighted by atomic mass is 10.3. The van der Waals surface area contributed by atoms with Crippen LogP contribution in [0.4, 0.5) is 39.0 Å². The number of nitrogen functional groups attached to an aromatic ring is 1. The maximum atomic E-state index is 13.9. The van der Waals surface area contributed by atoms with Crippen LogP contribution in [0.5, 0.6) is 5.75 Å². The molecule has 0 fully saturated rings. The van der Waals surface area contributed by atoms with Crippen molar-refractivity contribution in [3.63, 3.8) is 0 Å². The van der Waals surface area contributed by atoms with Crippen LogP contribution >= 0.6 is 0 Å². The summed E-state index contributed by atoms with van der Waals surface area (Å²) in [5.41, 5.74) is 5.85. The van der Waals surface area contributed by atoms with Crippen LogP contribution in [0.2, 0.25) is 0 Å². The molecular weight excluding hydrogens is 367 g/mol. The molecule has 144 valence electrons. The maximum absolute atomic E-state index is 13.9. The number of benzene rings is 2. The van der Waals surface area contributed by atoms with E-state index in [0.717, 1.165) is 0 Å². The van der Waals surface area contributed by atoms with E-state index in [2.05, 4.69) is 20.6 Å². The van der Waals surface area contributed by atoms with E-state index in [0.29, 0.717) is 18.0 Å². The SMILES string of the molecule is CCOc1ccc(Nc2nc(N)c([N+](=O)[O-])c(Nc3ccccc3F)n2)cc1. The van der Waals surface area contributed by atoms with E-state index in [4.69, 9.17) is 10.5 Å². The second-order valence-corrected chi connectivity index (χ2v) is 5.57. The number of nitrogens with two attached hydrogens (primary N) is 1. The molecule has 0 atom stereocenters. The number of nitrogens with zero attached hydrogens (tertiary/aromatic N) is 3. The Morgan fingerprint density at radius 2 is 1.86 bits per heavy atom. The molecule has 28 heavy (non-hydrogen) atoms. The Balaban J connectivity index is 1.93. The first-order chi connectivity index (χ1) is 13.5. The Morgan fingerprint density at radius 3 is 2.50 bits per heavy atom. The summed E-state index contributed by atoms with van der Waals surface area (Å²) >= 11 is 0. The first-order valence-electron chi connectivity index (χ1n) is 8.31. The standard InChI is InChI=1S/C18H17FN6O3/c1-2-28-12-9-7-11(8-10-12)21-18-23-16(20)15(25(26)27)17(24-18)22-14-6-4-3-5-13(14)19/h3-10H,2H2,1H3,(H4,20,21,22,23,24). The Bertz CT molecular complexity index is 997. The van der Waals surface area contributed by atoms with Gasteiger partial charge in [-0.1, -0.05) is 12.1 Å². The number of para-hydroxylation sites is 1. The predicted octanol–water partition coefficient (Wildman–Crippen LogP) is 3.99. The number of aromatic nitrogens is 2. The van der Waals surface area contributed by atoms with Gasteiger partial charge in [0.2, 0.25) is 17.6 Å². The van der Waals surface area contributed by atoms with Crippen molar-refractivity contribution in [2.24, 2.45) is 0 Å². The van der Waals surface area contributed by atoms with E-state index in [1.807, 2.05) is 6.92 Å². The fourth-order valence-electron chi connectivity index (χ4n) is 2.42. The molecule has 2 aromatic carbocycles. The summed E-state index contributed by atoms with van der Waals surface area (Å²) in [5.74, 6) is -0.455.